The van der Waals surface area contributed by atoms with Crippen molar-refractivity contribution in [3.8, 4) is 5.75 Å². The van der Waals surface area contributed by atoms with Gasteiger partial charge in [0.1, 0.15) is 5.75 Å². The molecule has 0 fully saturated rings. The average molecular weight is 304 g/mol. The summed E-state index contributed by atoms with van der Waals surface area (Å²) in [5.74, 6) is -0.329. The SMILES string of the molecule is CN(C)C(=O)CCCOc1ccc(CN)cc1C(F)(F)F. The van der Waals surface area contributed by atoms with Crippen molar-refractivity contribution in [2.45, 2.75) is 25.6 Å². The summed E-state index contributed by atoms with van der Waals surface area (Å²) >= 11 is 0. The van der Waals surface area contributed by atoms with Crippen molar-refractivity contribution in [2.75, 3.05) is 20.7 Å². The first-order chi connectivity index (χ1) is 9.75. The Labute approximate surface area is 121 Å². The first kappa shape index (κ1) is 17.3. The van der Waals surface area contributed by atoms with Crippen molar-refractivity contribution in [3.63, 3.8) is 0 Å². The van der Waals surface area contributed by atoms with Gasteiger partial charge in [-0.2, -0.15) is 13.2 Å². The Balaban J connectivity index is 2.68. The monoisotopic (exact) mass is 304 g/mol. The van der Waals surface area contributed by atoms with Crippen molar-refractivity contribution >= 4 is 5.91 Å². The molecule has 4 nitrogen and oxygen atoms in total. The molecule has 0 heterocycles. The van der Waals surface area contributed by atoms with Gasteiger partial charge in [-0.1, -0.05) is 6.07 Å². The Bertz CT molecular complexity index is 488. The number of amides is 1. The van der Waals surface area contributed by atoms with Gasteiger partial charge in [-0.05, 0) is 24.1 Å². The van der Waals surface area contributed by atoms with Gasteiger partial charge < -0.3 is 15.4 Å². The third-order valence-electron chi connectivity index (χ3n) is 2.88. The number of hydrogen-bond donors (Lipinski definition) is 1. The lowest BCUT2D eigenvalue weighted by Gasteiger charge is -2.15. The van der Waals surface area contributed by atoms with Gasteiger partial charge >= 0.3 is 6.18 Å². The van der Waals surface area contributed by atoms with Crippen LogP contribution in [-0.2, 0) is 17.5 Å². The van der Waals surface area contributed by atoms with E-state index in [1.807, 2.05) is 0 Å². The molecule has 118 valence electrons. The van der Waals surface area contributed by atoms with Gasteiger partial charge in [0.25, 0.3) is 0 Å². The smallest absolute Gasteiger partial charge is 0.419 e. The topological polar surface area (TPSA) is 55.6 Å². The Morgan fingerprint density at radius 2 is 2.00 bits per heavy atom. The predicted octanol–water partition coefficient (Wildman–Crippen LogP) is 2.41. The van der Waals surface area contributed by atoms with Gasteiger partial charge in [-0.25, -0.2) is 0 Å². The van der Waals surface area contributed by atoms with E-state index in [-0.39, 0.29) is 31.2 Å². The molecule has 0 aliphatic heterocycles. The second kappa shape index (κ2) is 7.31. The molecule has 0 bridgehead atoms. The molecule has 1 aromatic carbocycles. The van der Waals surface area contributed by atoms with Crippen LogP contribution in [0, 0.1) is 0 Å². The van der Waals surface area contributed by atoms with Crippen LogP contribution in [0.15, 0.2) is 18.2 Å². The molecule has 2 N–H and O–H groups in total. The molecule has 0 spiro atoms. The van der Waals surface area contributed by atoms with Crippen LogP contribution in [0.25, 0.3) is 0 Å². The van der Waals surface area contributed by atoms with Gasteiger partial charge in [-0.15, -0.1) is 0 Å². The summed E-state index contributed by atoms with van der Waals surface area (Å²) in [6, 6.07) is 3.74. The fraction of sp³-hybridized carbons (Fsp3) is 0.500. The lowest BCUT2D eigenvalue weighted by atomic mass is 10.1. The maximum absolute atomic E-state index is 12.9. The zero-order valence-electron chi connectivity index (χ0n) is 12.0. The number of benzene rings is 1. The highest BCUT2D eigenvalue weighted by molar-refractivity contribution is 5.75. The highest BCUT2D eigenvalue weighted by Crippen LogP contribution is 2.36. The molecule has 0 aliphatic rings. The van der Waals surface area contributed by atoms with Gasteiger partial charge in [0.05, 0.1) is 12.2 Å². The molecule has 0 radical (unpaired) electrons. The number of rotatable bonds is 6. The predicted molar refractivity (Wildman–Crippen MR) is 72.8 cm³/mol. The van der Waals surface area contributed by atoms with Crippen molar-refractivity contribution in [3.05, 3.63) is 29.3 Å². The Morgan fingerprint density at radius 1 is 1.33 bits per heavy atom. The lowest BCUT2D eigenvalue weighted by Crippen LogP contribution is -2.21. The van der Waals surface area contributed by atoms with E-state index in [4.69, 9.17) is 10.5 Å². The molecule has 0 atom stereocenters. The summed E-state index contributed by atoms with van der Waals surface area (Å²) in [4.78, 5) is 12.8. The minimum absolute atomic E-state index is 0.0285. The zero-order chi connectivity index (χ0) is 16.0. The number of alkyl halides is 3. The van der Waals surface area contributed by atoms with Crippen LogP contribution in [0.1, 0.15) is 24.0 Å². The molecule has 1 amide bonds. The number of ether oxygens (including phenoxy) is 1. The summed E-state index contributed by atoms with van der Waals surface area (Å²) in [6.07, 6.45) is -3.91. The third kappa shape index (κ3) is 5.26. The van der Waals surface area contributed by atoms with Gasteiger partial charge in [0.2, 0.25) is 5.91 Å². The van der Waals surface area contributed by atoms with Crippen molar-refractivity contribution in [2.24, 2.45) is 5.73 Å². The minimum atomic E-state index is -4.50. The summed E-state index contributed by atoms with van der Waals surface area (Å²) in [6.45, 7) is 0.0747. The van der Waals surface area contributed by atoms with Crippen LogP contribution >= 0.6 is 0 Å². The van der Waals surface area contributed by atoms with Crippen molar-refractivity contribution < 1.29 is 22.7 Å². The van der Waals surface area contributed by atoms with Crippen LogP contribution in [-0.4, -0.2) is 31.5 Å². The van der Waals surface area contributed by atoms with E-state index in [9.17, 15) is 18.0 Å². The number of hydrogen-bond acceptors (Lipinski definition) is 3. The van der Waals surface area contributed by atoms with Crippen molar-refractivity contribution in [1.29, 1.82) is 0 Å². The molecule has 0 saturated carbocycles. The number of carbonyl (C=O) groups excluding carboxylic acids is 1. The summed E-state index contributed by atoms with van der Waals surface area (Å²) < 4.78 is 43.9. The van der Waals surface area contributed by atoms with Gasteiger partial charge in [0.15, 0.2) is 0 Å². The second-order valence-corrected chi connectivity index (χ2v) is 4.77. The standard InChI is InChI=1S/C14H19F3N2O2/c1-19(2)13(20)4-3-7-21-12-6-5-10(9-18)8-11(12)14(15,16)17/h5-6,8H,3-4,7,9,18H2,1-2H3. The van der Waals surface area contributed by atoms with E-state index >= 15 is 0 Å². The van der Waals surface area contributed by atoms with Crippen LogP contribution in [0.5, 0.6) is 5.75 Å². The van der Waals surface area contributed by atoms with Crippen LogP contribution in [0.4, 0.5) is 13.2 Å². The van der Waals surface area contributed by atoms with E-state index in [2.05, 4.69) is 0 Å². The maximum atomic E-state index is 12.9. The van der Waals surface area contributed by atoms with Crippen LogP contribution in [0.2, 0.25) is 0 Å². The normalized spacial score (nSPS) is 11.3. The largest absolute Gasteiger partial charge is 0.493 e. The van der Waals surface area contributed by atoms with E-state index in [0.717, 1.165) is 6.07 Å². The van der Waals surface area contributed by atoms with E-state index in [1.165, 1.54) is 17.0 Å². The maximum Gasteiger partial charge on any atom is 0.419 e. The highest BCUT2D eigenvalue weighted by Gasteiger charge is 2.34. The fourth-order valence-electron chi connectivity index (χ4n) is 1.68. The molecular formula is C14H19F3N2O2. The summed E-state index contributed by atoms with van der Waals surface area (Å²) in [5.41, 5.74) is 4.89. The third-order valence-corrected chi connectivity index (χ3v) is 2.88. The zero-order valence-corrected chi connectivity index (χ0v) is 12.0. The van der Waals surface area contributed by atoms with E-state index < -0.39 is 11.7 Å². The van der Waals surface area contributed by atoms with Crippen molar-refractivity contribution in [1.82, 2.24) is 4.90 Å². The quantitative estimate of drug-likeness (QED) is 0.821. The van der Waals surface area contributed by atoms with Crippen LogP contribution < -0.4 is 10.5 Å². The van der Waals surface area contributed by atoms with Gasteiger partial charge in [-0.3, -0.25) is 4.79 Å². The Hall–Kier alpha value is -1.76. The fourth-order valence-corrected chi connectivity index (χ4v) is 1.68. The molecule has 1 aromatic rings. The molecule has 0 aliphatic carbocycles. The number of halogens is 3. The number of carbonyl (C=O) groups is 1. The Kier molecular flexibility index (Phi) is 6.02. The first-order valence-corrected chi connectivity index (χ1v) is 6.49. The molecule has 0 saturated heterocycles. The molecule has 0 aromatic heterocycles. The van der Waals surface area contributed by atoms with E-state index in [0.29, 0.717) is 12.0 Å². The second-order valence-electron chi connectivity index (χ2n) is 4.77. The number of nitrogens with two attached hydrogens (primary N) is 1. The van der Waals surface area contributed by atoms with Gasteiger partial charge in [0, 0.05) is 27.1 Å². The molecule has 1 rings (SSSR count). The van der Waals surface area contributed by atoms with Crippen LogP contribution in [0.3, 0.4) is 0 Å². The molecule has 7 heteroatoms. The molecule has 21 heavy (non-hydrogen) atoms. The average Bonchev–Trinajstić information content (AvgIpc) is 2.42. The summed E-state index contributed by atoms with van der Waals surface area (Å²) in [5, 5.41) is 0. The minimum Gasteiger partial charge on any atom is -0.493 e. The number of nitrogens with zero attached hydrogens (tertiary/aromatic N) is 1. The molecule has 0 unspecified atom stereocenters. The first-order valence-electron chi connectivity index (χ1n) is 6.49. The van der Waals surface area contributed by atoms with E-state index in [1.54, 1.807) is 14.1 Å². The summed E-state index contributed by atoms with van der Waals surface area (Å²) in [7, 11) is 3.24. The Morgan fingerprint density at radius 3 is 2.52 bits per heavy atom. The lowest BCUT2D eigenvalue weighted by molar-refractivity contribution is -0.139. The highest BCUT2D eigenvalue weighted by atomic mass is 19.4. The molecular weight excluding hydrogens is 285 g/mol.